The minimum Gasteiger partial charge on any atom is -0.482 e. The number of nitrogens with zero attached hydrogens (tertiary/aromatic N) is 2. The molecule has 0 aliphatic carbocycles. The second-order valence-electron chi connectivity index (χ2n) is 5.74. The van der Waals surface area contributed by atoms with E-state index in [-0.39, 0.29) is 17.0 Å². The lowest BCUT2D eigenvalue weighted by Gasteiger charge is -2.18. The molecule has 0 heterocycles. The van der Waals surface area contributed by atoms with Crippen molar-refractivity contribution in [1.82, 2.24) is 4.90 Å². The zero-order valence-corrected chi connectivity index (χ0v) is 14.8. The topological polar surface area (TPSA) is 82.4 Å². The predicted molar refractivity (Wildman–Crippen MR) is 94.4 cm³/mol. The molecule has 2 rings (SSSR count). The Kier molecular flexibility index (Phi) is 6.60. The van der Waals surface area contributed by atoms with E-state index in [1.54, 1.807) is 12.1 Å². The Morgan fingerprint density at radius 2 is 1.79 bits per heavy atom. The number of hydrogen-bond donors (Lipinski definition) is 1. The van der Waals surface area contributed by atoms with Crippen LogP contribution < -0.4 is 10.1 Å². The number of rotatable bonds is 6. The third kappa shape index (κ3) is 5.48. The molecule has 0 fully saturated rings. The van der Waals surface area contributed by atoms with Gasteiger partial charge in [-0.25, -0.2) is 0 Å². The molecule has 2 amide bonds. The molecule has 28 heavy (non-hydrogen) atoms. The van der Waals surface area contributed by atoms with Gasteiger partial charge in [-0.05, 0) is 24.3 Å². The van der Waals surface area contributed by atoms with Crippen LogP contribution in [0.3, 0.4) is 0 Å². The zero-order chi connectivity index (χ0) is 20.7. The highest BCUT2D eigenvalue weighted by Crippen LogP contribution is 2.34. The van der Waals surface area contributed by atoms with E-state index < -0.39 is 36.7 Å². The number of carbonyl (C=O) groups is 2. The Morgan fingerprint density at radius 1 is 1.14 bits per heavy atom. The van der Waals surface area contributed by atoms with Crippen molar-refractivity contribution in [3.05, 3.63) is 59.7 Å². The summed E-state index contributed by atoms with van der Waals surface area (Å²) in [5.41, 5.74) is -1.12. The molecule has 9 heteroatoms. The Hall–Kier alpha value is -3.54. The van der Waals surface area contributed by atoms with E-state index in [4.69, 9.17) is 10.00 Å². The van der Waals surface area contributed by atoms with Crippen molar-refractivity contribution in [1.29, 1.82) is 5.26 Å². The van der Waals surface area contributed by atoms with Crippen LogP contribution in [-0.4, -0.2) is 36.9 Å². The molecule has 0 saturated heterocycles. The third-order valence-corrected chi connectivity index (χ3v) is 3.67. The van der Waals surface area contributed by atoms with Crippen LogP contribution in [0.15, 0.2) is 48.5 Å². The normalized spacial score (nSPS) is 10.7. The van der Waals surface area contributed by atoms with Crippen LogP contribution in [0.1, 0.15) is 11.1 Å². The third-order valence-electron chi connectivity index (χ3n) is 3.67. The van der Waals surface area contributed by atoms with Crippen molar-refractivity contribution in [3.8, 4) is 11.8 Å². The molecule has 6 nitrogen and oxygen atoms in total. The van der Waals surface area contributed by atoms with E-state index in [9.17, 15) is 22.8 Å². The highest BCUT2D eigenvalue weighted by molar-refractivity contribution is 5.95. The SMILES string of the molecule is CN(CC(=O)Nc1ccccc1C(F)(F)F)C(=O)COc1ccccc1C#N. The van der Waals surface area contributed by atoms with Gasteiger partial charge in [0.2, 0.25) is 5.91 Å². The van der Waals surface area contributed by atoms with Gasteiger partial charge in [0.15, 0.2) is 6.61 Å². The van der Waals surface area contributed by atoms with E-state index in [1.807, 2.05) is 6.07 Å². The van der Waals surface area contributed by atoms with Crippen LogP contribution >= 0.6 is 0 Å². The van der Waals surface area contributed by atoms with Crippen molar-refractivity contribution < 1.29 is 27.5 Å². The van der Waals surface area contributed by atoms with Gasteiger partial charge in [-0.15, -0.1) is 0 Å². The Bertz CT molecular complexity index is 907. The number of alkyl halides is 3. The second-order valence-corrected chi connectivity index (χ2v) is 5.74. The van der Waals surface area contributed by atoms with Gasteiger partial charge in [-0.3, -0.25) is 9.59 Å². The molecule has 146 valence electrons. The van der Waals surface area contributed by atoms with Gasteiger partial charge in [0.1, 0.15) is 11.8 Å². The average molecular weight is 391 g/mol. The van der Waals surface area contributed by atoms with Crippen LogP contribution in [0, 0.1) is 11.3 Å². The molecule has 2 aromatic rings. The largest absolute Gasteiger partial charge is 0.482 e. The molecule has 0 atom stereocenters. The quantitative estimate of drug-likeness (QED) is 0.821. The molecule has 0 aliphatic rings. The number of carbonyl (C=O) groups excluding carboxylic acids is 2. The molecule has 1 N–H and O–H groups in total. The minimum atomic E-state index is -4.62. The molecule has 2 aromatic carbocycles. The second kappa shape index (κ2) is 8.90. The van der Waals surface area contributed by atoms with Gasteiger partial charge in [-0.1, -0.05) is 24.3 Å². The monoisotopic (exact) mass is 391 g/mol. The highest BCUT2D eigenvalue weighted by Gasteiger charge is 2.33. The van der Waals surface area contributed by atoms with Gasteiger partial charge in [-0.2, -0.15) is 18.4 Å². The van der Waals surface area contributed by atoms with Gasteiger partial charge in [0.25, 0.3) is 5.91 Å². The summed E-state index contributed by atoms with van der Waals surface area (Å²) >= 11 is 0. The molecule has 0 aliphatic heterocycles. The first kappa shape index (κ1) is 20.8. The van der Waals surface area contributed by atoms with E-state index in [0.29, 0.717) is 0 Å². The number of nitriles is 1. The number of nitrogens with one attached hydrogen (secondary N) is 1. The van der Waals surface area contributed by atoms with Crippen LogP contribution in [0.4, 0.5) is 18.9 Å². The molecule has 0 unspecified atom stereocenters. The number of halogens is 3. The molecule has 0 bridgehead atoms. The number of para-hydroxylation sites is 2. The highest BCUT2D eigenvalue weighted by atomic mass is 19.4. The molecule has 0 radical (unpaired) electrons. The minimum absolute atomic E-state index is 0.218. The van der Waals surface area contributed by atoms with E-state index in [1.165, 1.54) is 31.3 Å². The smallest absolute Gasteiger partial charge is 0.418 e. The number of likely N-dealkylation sites (N-methyl/N-ethyl adjacent to an activating group) is 1. The molecule has 0 saturated carbocycles. The standard InChI is InChI=1S/C19H16F3N3O3/c1-25(18(27)12-28-16-9-5-2-6-13(16)10-23)11-17(26)24-15-8-4-3-7-14(15)19(20,21)22/h2-9H,11-12H2,1H3,(H,24,26). The first-order valence-electron chi connectivity index (χ1n) is 8.04. The summed E-state index contributed by atoms with van der Waals surface area (Å²) in [6, 6.07) is 12.8. The fourth-order valence-electron chi connectivity index (χ4n) is 2.27. The van der Waals surface area contributed by atoms with Crippen LogP contribution in [-0.2, 0) is 15.8 Å². The summed E-state index contributed by atoms with van der Waals surface area (Å²) in [6.45, 7) is -0.893. The number of hydrogen-bond acceptors (Lipinski definition) is 4. The molecular weight excluding hydrogens is 375 g/mol. The summed E-state index contributed by atoms with van der Waals surface area (Å²) in [6.07, 6.45) is -4.62. The van der Waals surface area contributed by atoms with Crippen molar-refractivity contribution in [2.75, 3.05) is 25.5 Å². The average Bonchev–Trinajstić information content (AvgIpc) is 2.65. The number of amides is 2. The van der Waals surface area contributed by atoms with Crippen molar-refractivity contribution >= 4 is 17.5 Å². The molecular formula is C19H16F3N3O3. The lowest BCUT2D eigenvalue weighted by atomic mass is 10.1. The number of anilines is 1. The van der Waals surface area contributed by atoms with Gasteiger partial charge >= 0.3 is 6.18 Å². The number of ether oxygens (including phenoxy) is 1. The lowest BCUT2D eigenvalue weighted by molar-refractivity contribution is -0.137. The maximum Gasteiger partial charge on any atom is 0.418 e. The maximum absolute atomic E-state index is 13.0. The lowest BCUT2D eigenvalue weighted by Crippen LogP contribution is -2.37. The van der Waals surface area contributed by atoms with E-state index in [0.717, 1.165) is 17.0 Å². The van der Waals surface area contributed by atoms with E-state index in [2.05, 4.69) is 5.32 Å². The fraction of sp³-hybridized carbons (Fsp3) is 0.211. The summed E-state index contributed by atoms with van der Waals surface area (Å²) in [5, 5.41) is 11.1. The first-order chi connectivity index (χ1) is 13.2. The van der Waals surface area contributed by atoms with Crippen LogP contribution in [0.25, 0.3) is 0 Å². The summed E-state index contributed by atoms with van der Waals surface area (Å²) in [7, 11) is 1.32. The van der Waals surface area contributed by atoms with E-state index >= 15 is 0 Å². The van der Waals surface area contributed by atoms with Gasteiger partial charge < -0.3 is 15.0 Å². The van der Waals surface area contributed by atoms with Gasteiger partial charge in [0, 0.05) is 7.05 Å². The van der Waals surface area contributed by atoms with Crippen molar-refractivity contribution in [2.24, 2.45) is 0 Å². The zero-order valence-electron chi connectivity index (χ0n) is 14.8. The first-order valence-corrected chi connectivity index (χ1v) is 8.04. The Morgan fingerprint density at radius 3 is 2.46 bits per heavy atom. The molecule has 0 spiro atoms. The van der Waals surface area contributed by atoms with Crippen LogP contribution in [0.2, 0.25) is 0 Å². The Labute approximate surface area is 159 Å². The maximum atomic E-state index is 13.0. The summed E-state index contributed by atoms with van der Waals surface area (Å²) in [4.78, 5) is 25.1. The fourth-order valence-corrected chi connectivity index (χ4v) is 2.27. The van der Waals surface area contributed by atoms with Crippen molar-refractivity contribution in [3.63, 3.8) is 0 Å². The summed E-state index contributed by atoms with van der Waals surface area (Å²) < 4.78 is 44.2. The van der Waals surface area contributed by atoms with Crippen molar-refractivity contribution in [2.45, 2.75) is 6.18 Å². The number of benzene rings is 2. The Balaban J connectivity index is 1.94. The molecule has 0 aromatic heterocycles. The van der Waals surface area contributed by atoms with Gasteiger partial charge in [0.05, 0.1) is 23.4 Å². The predicted octanol–water partition coefficient (Wildman–Crippen LogP) is 3.05. The summed E-state index contributed by atoms with van der Waals surface area (Å²) in [5.74, 6) is -1.15. The van der Waals surface area contributed by atoms with Crippen LogP contribution in [0.5, 0.6) is 5.75 Å².